The molecule has 2 aromatic heterocycles. The monoisotopic (exact) mass is 630 g/mol. The maximum Gasteiger partial charge on any atom is 0.414 e. The molecule has 0 amide bonds. The van der Waals surface area contributed by atoms with Crippen molar-refractivity contribution >= 4 is 34.8 Å². The number of ether oxygens (including phenoxy) is 3. The minimum atomic E-state index is -1.82. The summed E-state index contributed by atoms with van der Waals surface area (Å²) in [5, 5.41) is 45.1. The van der Waals surface area contributed by atoms with Crippen LogP contribution in [0, 0.1) is 0 Å². The van der Waals surface area contributed by atoms with E-state index < -0.39 is 30.0 Å². The molecule has 0 radical (unpaired) electrons. The molecule has 1 fully saturated rings. The highest BCUT2D eigenvalue weighted by molar-refractivity contribution is 6.27. The fraction of sp³-hybridized carbons (Fsp3) is 0.379. The van der Waals surface area contributed by atoms with Gasteiger partial charge in [0, 0.05) is 30.7 Å². The van der Waals surface area contributed by atoms with Gasteiger partial charge in [-0.1, -0.05) is 0 Å². The Kier molecular flexibility index (Phi) is 12.8. The van der Waals surface area contributed by atoms with Crippen molar-refractivity contribution in [3.05, 3.63) is 53.9 Å². The second-order valence-corrected chi connectivity index (χ2v) is 9.78. The second-order valence-electron chi connectivity index (χ2n) is 9.78. The summed E-state index contributed by atoms with van der Waals surface area (Å²) >= 11 is 0. The van der Waals surface area contributed by atoms with Gasteiger partial charge in [-0.05, 0) is 67.9 Å². The number of fused-ring (bicyclic) bond motifs is 2. The van der Waals surface area contributed by atoms with Crippen LogP contribution in [0.5, 0.6) is 17.4 Å². The van der Waals surface area contributed by atoms with Crippen LogP contribution >= 0.6 is 0 Å². The van der Waals surface area contributed by atoms with Crippen molar-refractivity contribution in [2.45, 2.75) is 31.5 Å². The number of pyridine rings is 2. The van der Waals surface area contributed by atoms with Crippen molar-refractivity contribution in [1.29, 1.82) is 0 Å². The summed E-state index contributed by atoms with van der Waals surface area (Å²) in [6, 6.07) is 12.0. The van der Waals surface area contributed by atoms with E-state index in [-0.39, 0.29) is 0 Å². The molecular weight excluding hydrogens is 596 g/mol. The molecule has 1 saturated heterocycles. The van der Waals surface area contributed by atoms with Gasteiger partial charge in [0.15, 0.2) is 5.75 Å². The van der Waals surface area contributed by atoms with E-state index in [1.807, 2.05) is 36.4 Å². The number of aromatic nitrogens is 2. The Morgan fingerprint density at radius 1 is 0.956 bits per heavy atom. The molecule has 2 aliphatic heterocycles. The predicted molar refractivity (Wildman–Crippen MR) is 155 cm³/mol. The second kappa shape index (κ2) is 16.7. The first-order valence-corrected chi connectivity index (χ1v) is 13.7. The lowest BCUT2D eigenvalue weighted by Gasteiger charge is -2.33. The van der Waals surface area contributed by atoms with E-state index in [4.69, 9.17) is 53.8 Å². The van der Waals surface area contributed by atoms with Gasteiger partial charge in [-0.15, -0.1) is 0 Å². The number of likely N-dealkylation sites (tertiary alicyclic amines) is 1. The van der Waals surface area contributed by atoms with Gasteiger partial charge in [0.05, 0.1) is 24.4 Å². The standard InChI is InChI=1S/C25H30N4O4.2C2H2O4/c1-31-19-3-4-22-21(14-19)20(6-9-26-22)23(30)16-29-10-7-17(8-11-29)27-15-18-2-5-24-25(28-18)33-13-12-32-24;2*3-1(4)2(5)6/h2-6,9,14,17,23,27,30H,7-8,10-13,15-16H2,1H3;2*(H,3,4)(H,5,6)/t23-;;/m0../s1. The Morgan fingerprint density at radius 2 is 1.60 bits per heavy atom. The van der Waals surface area contributed by atoms with E-state index in [1.54, 1.807) is 13.3 Å². The van der Waals surface area contributed by atoms with Crippen molar-refractivity contribution in [1.82, 2.24) is 20.2 Å². The van der Waals surface area contributed by atoms with E-state index >= 15 is 0 Å². The molecule has 5 rings (SSSR count). The topological polar surface area (TPSA) is 238 Å². The van der Waals surface area contributed by atoms with Crippen LogP contribution in [0.15, 0.2) is 42.6 Å². The quantitative estimate of drug-likeness (QED) is 0.200. The van der Waals surface area contributed by atoms with E-state index in [2.05, 4.69) is 20.2 Å². The number of hydrogen-bond acceptors (Lipinski definition) is 12. The molecule has 6 N–H and O–H groups in total. The third-order valence-electron chi connectivity index (χ3n) is 6.76. The van der Waals surface area contributed by atoms with Gasteiger partial charge in [0.1, 0.15) is 19.0 Å². The van der Waals surface area contributed by atoms with Gasteiger partial charge < -0.3 is 50.0 Å². The lowest BCUT2D eigenvalue weighted by atomic mass is 10.0. The number of β-amino-alcohol motifs (C(OH)–C–C–N with tert-alkyl or cyclic N) is 1. The maximum atomic E-state index is 11.0. The summed E-state index contributed by atoms with van der Waals surface area (Å²) in [5.41, 5.74) is 2.71. The molecule has 45 heavy (non-hydrogen) atoms. The molecular formula is C29H34N4O12. The number of aliphatic hydroxyl groups is 1. The SMILES string of the molecule is COc1ccc2nccc([C@@H](O)CN3CCC(NCc4ccc5c(n4)OCCO5)CC3)c2c1.O=C(O)C(=O)O.O=C(O)C(=O)O. The number of carbonyl (C=O) groups is 4. The smallest absolute Gasteiger partial charge is 0.414 e. The average molecular weight is 631 g/mol. The average Bonchev–Trinajstić information content (AvgIpc) is 3.04. The van der Waals surface area contributed by atoms with Crippen molar-refractivity contribution in [2.24, 2.45) is 0 Å². The Hall–Kier alpha value is -5.06. The molecule has 0 saturated carbocycles. The first kappa shape index (κ1) is 34.4. The molecule has 1 aromatic carbocycles. The lowest BCUT2D eigenvalue weighted by Crippen LogP contribution is -2.43. The van der Waals surface area contributed by atoms with Crippen LogP contribution in [-0.4, -0.2) is 110 Å². The number of aliphatic hydroxyl groups excluding tert-OH is 1. The molecule has 0 unspecified atom stereocenters. The summed E-state index contributed by atoms with van der Waals surface area (Å²) in [6.07, 6.45) is 3.24. The van der Waals surface area contributed by atoms with E-state index in [0.717, 1.165) is 59.6 Å². The summed E-state index contributed by atoms with van der Waals surface area (Å²) in [6.45, 7) is 4.31. The van der Waals surface area contributed by atoms with Gasteiger partial charge in [0.2, 0.25) is 0 Å². The first-order chi connectivity index (χ1) is 21.5. The van der Waals surface area contributed by atoms with Crippen molar-refractivity contribution in [3.8, 4) is 17.4 Å². The number of aliphatic carboxylic acids is 4. The Labute approximate surface area is 256 Å². The van der Waals surface area contributed by atoms with Gasteiger partial charge in [-0.3, -0.25) is 4.98 Å². The van der Waals surface area contributed by atoms with Crippen LogP contribution < -0.4 is 19.5 Å². The molecule has 0 bridgehead atoms. The van der Waals surface area contributed by atoms with E-state index in [1.165, 1.54) is 0 Å². The summed E-state index contributed by atoms with van der Waals surface area (Å²) in [4.78, 5) is 47.7. The van der Waals surface area contributed by atoms with Crippen LogP contribution in [0.25, 0.3) is 10.9 Å². The van der Waals surface area contributed by atoms with Crippen molar-refractivity contribution < 1.29 is 58.9 Å². The Balaban J connectivity index is 0.000000392. The normalized spacial score (nSPS) is 15.0. The van der Waals surface area contributed by atoms with Gasteiger partial charge >= 0.3 is 23.9 Å². The molecule has 0 spiro atoms. The molecule has 0 aliphatic carbocycles. The fourth-order valence-corrected chi connectivity index (χ4v) is 4.54. The zero-order valence-corrected chi connectivity index (χ0v) is 24.3. The van der Waals surface area contributed by atoms with Crippen LogP contribution in [0.3, 0.4) is 0 Å². The lowest BCUT2D eigenvalue weighted by molar-refractivity contribution is -0.159. The molecule has 16 nitrogen and oxygen atoms in total. The molecule has 2 aliphatic rings. The number of carboxylic acid groups (broad SMARTS) is 4. The predicted octanol–water partition coefficient (Wildman–Crippen LogP) is 1.01. The number of piperidine rings is 1. The maximum absolute atomic E-state index is 11.0. The highest BCUT2D eigenvalue weighted by Crippen LogP contribution is 2.29. The third kappa shape index (κ3) is 10.6. The van der Waals surface area contributed by atoms with Crippen LogP contribution in [0.4, 0.5) is 0 Å². The number of carboxylic acids is 4. The highest BCUT2D eigenvalue weighted by atomic mass is 16.6. The van der Waals surface area contributed by atoms with Crippen LogP contribution in [-0.2, 0) is 25.7 Å². The van der Waals surface area contributed by atoms with Gasteiger partial charge in [-0.25, -0.2) is 24.2 Å². The van der Waals surface area contributed by atoms with E-state index in [9.17, 15) is 5.11 Å². The first-order valence-electron chi connectivity index (χ1n) is 13.7. The number of rotatable bonds is 7. The molecule has 3 aromatic rings. The highest BCUT2D eigenvalue weighted by Gasteiger charge is 2.23. The van der Waals surface area contributed by atoms with Gasteiger partial charge in [0.25, 0.3) is 5.88 Å². The molecule has 4 heterocycles. The van der Waals surface area contributed by atoms with Crippen LogP contribution in [0.1, 0.15) is 30.2 Å². The number of nitrogens with zero attached hydrogens (tertiary/aromatic N) is 3. The van der Waals surface area contributed by atoms with Crippen molar-refractivity contribution in [3.63, 3.8) is 0 Å². The number of hydrogen-bond donors (Lipinski definition) is 6. The minimum Gasteiger partial charge on any atom is -0.497 e. The van der Waals surface area contributed by atoms with Crippen LogP contribution in [0.2, 0.25) is 0 Å². The molecule has 1 atom stereocenters. The number of benzene rings is 1. The molecule has 16 heteroatoms. The Bertz CT molecular complexity index is 1450. The summed E-state index contributed by atoms with van der Waals surface area (Å²) in [5.74, 6) is -5.22. The number of methoxy groups -OCH3 is 1. The fourth-order valence-electron chi connectivity index (χ4n) is 4.54. The van der Waals surface area contributed by atoms with Crippen molar-refractivity contribution in [2.75, 3.05) is 40.0 Å². The zero-order chi connectivity index (χ0) is 32.9. The number of nitrogens with one attached hydrogen (secondary N) is 1. The third-order valence-corrected chi connectivity index (χ3v) is 6.76. The summed E-state index contributed by atoms with van der Waals surface area (Å²) in [7, 11) is 1.65. The van der Waals surface area contributed by atoms with E-state index in [0.29, 0.717) is 38.2 Å². The zero-order valence-electron chi connectivity index (χ0n) is 24.3. The minimum absolute atomic E-state index is 0.430. The Morgan fingerprint density at radius 3 is 2.22 bits per heavy atom. The van der Waals surface area contributed by atoms with Gasteiger partial charge in [-0.2, -0.15) is 0 Å². The molecule has 242 valence electrons. The summed E-state index contributed by atoms with van der Waals surface area (Å²) < 4.78 is 16.5. The largest absolute Gasteiger partial charge is 0.497 e.